The lowest BCUT2D eigenvalue weighted by atomic mass is 10.5. The summed E-state index contributed by atoms with van der Waals surface area (Å²) in [6.45, 7) is 2.51. The number of anilines is 1. The van der Waals surface area contributed by atoms with Crippen LogP contribution >= 0.6 is 38.6 Å². The standard InChI is InChI=1S/C10H12BrN3O2S3/c1-6-4-13-10(17-6)14-19(15,16)8-3-7(5-12-2)18-9(8)11/h3-4,12H,5H2,1-2H3,(H,13,14). The molecule has 0 atom stereocenters. The molecule has 104 valence electrons. The van der Waals surface area contributed by atoms with Gasteiger partial charge in [-0.3, -0.25) is 4.72 Å². The van der Waals surface area contributed by atoms with E-state index in [1.165, 1.54) is 22.7 Å². The van der Waals surface area contributed by atoms with Crippen LogP contribution in [0.25, 0.3) is 0 Å². The number of sulfonamides is 1. The van der Waals surface area contributed by atoms with Crippen LogP contribution in [0.5, 0.6) is 0 Å². The van der Waals surface area contributed by atoms with Gasteiger partial charge in [-0.25, -0.2) is 13.4 Å². The normalized spacial score (nSPS) is 11.7. The molecule has 2 heterocycles. The second kappa shape index (κ2) is 5.88. The Morgan fingerprint density at radius 1 is 1.42 bits per heavy atom. The topological polar surface area (TPSA) is 71.1 Å². The Hall–Kier alpha value is -0.480. The maximum Gasteiger partial charge on any atom is 0.265 e. The molecule has 0 saturated carbocycles. The lowest BCUT2D eigenvalue weighted by molar-refractivity contribution is 0.601. The molecule has 0 aliphatic carbocycles. The van der Waals surface area contributed by atoms with Crippen molar-refractivity contribution in [2.75, 3.05) is 11.8 Å². The van der Waals surface area contributed by atoms with E-state index in [9.17, 15) is 8.42 Å². The molecule has 0 bridgehead atoms. The summed E-state index contributed by atoms with van der Waals surface area (Å²) in [6.07, 6.45) is 1.64. The molecule has 0 aliphatic rings. The zero-order chi connectivity index (χ0) is 14.0. The summed E-state index contributed by atoms with van der Waals surface area (Å²) in [7, 11) is -1.78. The van der Waals surface area contributed by atoms with Gasteiger partial charge in [0.15, 0.2) is 5.13 Å². The van der Waals surface area contributed by atoms with Gasteiger partial charge in [0.1, 0.15) is 4.90 Å². The third kappa shape index (κ3) is 3.54. The third-order valence-electron chi connectivity index (χ3n) is 2.19. The van der Waals surface area contributed by atoms with Gasteiger partial charge in [-0.15, -0.1) is 22.7 Å². The van der Waals surface area contributed by atoms with Crippen molar-refractivity contribution in [2.24, 2.45) is 0 Å². The summed E-state index contributed by atoms with van der Waals surface area (Å²) in [5, 5.41) is 3.37. The molecule has 0 aliphatic heterocycles. The third-order valence-corrected chi connectivity index (χ3v) is 6.74. The zero-order valence-corrected chi connectivity index (χ0v) is 14.3. The number of hydrogen-bond acceptors (Lipinski definition) is 6. The summed E-state index contributed by atoms with van der Waals surface area (Å²) < 4.78 is 27.6. The smallest absolute Gasteiger partial charge is 0.265 e. The highest BCUT2D eigenvalue weighted by molar-refractivity contribution is 9.11. The predicted molar refractivity (Wildman–Crippen MR) is 82.4 cm³/mol. The molecule has 2 aromatic rings. The summed E-state index contributed by atoms with van der Waals surface area (Å²) in [6, 6.07) is 1.66. The van der Waals surface area contributed by atoms with Gasteiger partial charge >= 0.3 is 0 Å². The van der Waals surface area contributed by atoms with Crippen molar-refractivity contribution >= 4 is 53.8 Å². The van der Waals surface area contributed by atoms with E-state index in [1.54, 1.807) is 12.3 Å². The van der Waals surface area contributed by atoms with Crippen molar-refractivity contribution in [1.82, 2.24) is 10.3 Å². The molecule has 0 radical (unpaired) electrons. The summed E-state index contributed by atoms with van der Waals surface area (Å²) >= 11 is 6.00. The first kappa shape index (κ1) is 14.9. The Labute approximate surface area is 128 Å². The van der Waals surface area contributed by atoms with E-state index in [0.29, 0.717) is 15.5 Å². The van der Waals surface area contributed by atoms with Crippen molar-refractivity contribution in [1.29, 1.82) is 0 Å². The molecule has 0 aromatic carbocycles. The number of aromatic nitrogens is 1. The van der Waals surface area contributed by atoms with Crippen molar-refractivity contribution in [3.63, 3.8) is 0 Å². The minimum absolute atomic E-state index is 0.246. The molecule has 0 spiro atoms. The molecule has 2 aromatic heterocycles. The number of thiophene rings is 1. The summed E-state index contributed by atoms with van der Waals surface area (Å²) in [4.78, 5) is 6.15. The first-order valence-corrected chi connectivity index (χ1v) is 9.21. The fourth-order valence-corrected chi connectivity index (χ4v) is 6.02. The van der Waals surface area contributed by atoms with Crippen LogP contribution in [0.3, 0.4) is 0 Å². The van der Waals surface area contributed by atoms with Crippen molar-refractivity contribution in [3.8, 4) is 0 Å². The predicted octanol–water partition coefficient (Wildman–Crippen LogP) is 2.80. The van der Waals surface area contributed by atoms with E-state index in [2.05, 4.69) is 31.0 Å². The zero-order valence-electron chi connectivity index (χ0n) is 10.2. The van der Waals surface area contributed by atoms with Gasteiger partial charge < -0.3 is 5.32 Å². The minimum Gasteiger partial charge on any atom is -0.315 e. The van der Waals surface area contributed by atoms with E-state index >= 15 is 0 Å². The van der Waals surface area contributed by atoms with Crippen LogP contribution in [0.15, 0.2) is 20.9 Å². The fraction of sp³-hybridized carbons (Fsp3) is 0.300. The molecule has 0 fully saturated rings. The first-order chi connectivity index (χ1) is 8.92. The maximum absolute atomic E-state index is 12.3. The Morgan fingerprint density at radius 2 is 2.16 bits per heavy atom. The van der Waals surface area contributed by atoms with Gasteiger partial charge in [-0.1, -0.05) is 0 Å². The van der Waals surface area contributed by atoms with Gasteiger partial charge in [0.2, 0.25) is 0 Å². The van der Waals surface area contributed by atoms with E-state index in [4.69, 9.17) is 0 Å². The van der Waals surface area contributed by atoms with E-state index in [0.717, 1.165) is 9.75 Å². The van der Waals surface area contributed by atoms with E-state index < -0.39 is 10.0 Å². The first-order valence-electron chi connectivity index (χ1n) is 5.30. The van der Waals surface area contributed by atoms with E-state index in [1.807, 2.05) is 14.0 Å². The van der Waals surface area contributed by atoms with Crippen molar-refractivity contribution < 1.29 is 8.42 Å². The quantitative estimate of drug-likeness (QED) is 0.834. The molecular formula is C10H12BrN3O2S3. The average molecular weight is 382 g/mol. The second-order valence-electron chi connectivity index (χ2n) is 3.76. The molecule has 5 nitrogen and oxygen atoms in total. The number of rotatable bonds is 5. The van der Waals surface area contributed by atoms with Crippen molar-refractivity contribution in [3.05, 3.63) is 25.8 Å². The van der Waals surface area contributed by atoms with Crippen LogP contribution in [-0.2, 0) is 16.6 Å². The van der Waals surface area contributed by atoms with E-state index in [-0.39, 0.29) is 4.90 Å². The molecule has 0 unspecified atom stereocenters. The largest absolute Gasteiger partial charge is 0.315 e. The number of hydrogen-bond donors (Lipinski definition) is 2. The number of halogens is 1. The molecule has 9 heteroatoms. The monoisotopic (exact) mass is 381 g/mol. The minimum atomic E-state index is -3.59. The molecule has 2 N–H and O–H groups in total. The molecule has 19 heavy (non-hydrogen) atoms. The van der Waals surface area contributed by atoms with Crippen LogP contribution in [0.4, 0.5) is 5.13 Å². The highest BCUT2D eigenvalue weighted by Gasteiger charge is 2.22. The van der Waals surface area contributed by atoms with Gasteiger partial charge in [0, 0.05) is 22.5 Å². The second-order valence-corrected chi connectivity index (χ2v) is 9.10. The Kier molecular flexibility index (Phi) is 4.62. The molecule has 2 rings (SSSR count). The van der Waals surface area contributed by atoms with Gasteiger partial charge in [-0.2, -0.15) is 0 Å². The maximum atomic E-state index is 12.3. The Balaban J connectivity index is 2.28. The highest BCUT2D eigenvalue weighted by atomic mass is 79.9. The Morgan fingerprint density at radius 3 is 2.74 bits per heavy atom. The molecule has 0 amide bonds. The summed E-state index contributed by atoms with van der Waals surface area (Å²) in [5.41, 5.74) is 0. The van der Waals surface area contributed by atoms with Gasteiger partial charge in [-0.05, 0) is 36.0 Å². The van der Waals surface area contributed by atoms with Crippen LogP contribution in [0.2, 0.25) is 0 Å². The SMILES string of the molecule is CNCc1cc(S(=O)(=O)Nc2ncc(C)s2)c(Br)s1. The van der Waals surface area contributed by atoms with Gasteiger partial charge in [0.25, 0.3) is 10.0 Å². The van der Waals surface area contributed by atoms with Crippen LogP contribution in [0, 0.1) is 6.92 Å². The Bertz CT molecular complexity index is 678. The summed E-state index contributed by atoms with van der Waals surface area (Å²) in [5.74, 6) is 0. The molecular weight excluding hydrogens is 370 g/mol. The van der Waals surface area contributed by atoms with Gasteiger partial charge in [0.05, 0.1) is 3.79 Å². The van der Waals surface area contributed by atoms with Crippen LogP contribution in [-0.4, -0.2) is 20.4 Å². The number of aryl methyl sites for hydroxylation is 1. The van der Waals surface area contributed by atoms with Crippen LogP contribution < -0.4 is 10.0 Å². The lowest BCUT2D eigenvalue weighted by Crippen LogP contribution is -2.12. The fourth-order valence-electron chi connectivity index (χ4n) is 1.41. The number of nitrogens with zero attached hydrogens (tertiary/aromatic N) is 1. The average Bonchev–Trinajstić information content (AvgIpc) is 2.86. The number of nitrogens with one attached hydrogen (secondary N) is 2. The van der Waals surface area contributed by atoms with Crippen LogP contribution in [0.1, 0.15) is 9.75 Å². The van der Waals surface area contributed by atoms with Crippen molar-refractivity contribution in [2.45, 2.75) is 18.4 Å². The number of thiazole rings is 1. The lowest BCUT2D eigenvalue weighted by Gasteiger charge is -2.03. The molecule has 0 saturated heterocycles. The highest BCUT2D eigenvalue weighted by Crippen LogP contribution is 2.33.